The highest BCUT2D eigenvalue weighted by atomic mass is 35.5. The summed E-state index contributed by atoms with van der Waals surface area (Å²) in [6, 6.07) is -3.55. The summed E-state index contributed by atoms with van der Waals surface area (Å²) >= 11 is 0. The van der Waals surface area contributed by atoms with Crippen molar-refractivity contribution in [3.63, 3.8) is 0 Å². The van der Waals surface area contributed by atoms with Gasteiger partial charge in [0.1, 0.15) is 6.04 Å². The van der Waals surface area contributed by atoms with Gasteiger partial charge >= 0.3 is 0 Å². The van der Waals surface area contributed by atoms with Crippen LogP contribution in [-0.4, -0.2) is 59.0 Å². The number of Topliss-reactive ketones (excluding diaryl/α,β-unsaturated/α-hetero) is 1. The lowest BCUT2D eigenvalue weighted by Crippen LogP contribution is -2.59. The van der Waals surface area contributed by atoms with Crippen molar-refractivity contribution in [3.8, 4) is 0 Å². The van der Waals surface area contributed by atoms with Gasteiger partial charge in [-0.15, -0.1) is 37.2 Å². The number of hydrogen-bond donors (Lipinski definition) is 6. The zero-order chi connectivity index (χ0) is 40.2. The van der Waals surface area contributed by atoms with Crippen molar-refractivity contribution in [2.75, 3.05) is 6.54 Å². The van der Waals surface area contributed by atoms with E-state index in [1.54, 1.807) is 0 Å². The molecule has 0 aliphatic heterocycles. The predicted octanol–water partition coefficient (Wildman–Crippen LogP) is 9.47. The van der Waals surface area contributed by atoms with Crippen molar-refractivity contribution in [1.82, 2.24) is 10.2 Å². The minimum Gasteiger partial charge on any atom is -0.370 e. The lowest BCUT2D eigenvalue weighted by molar-refractivity contribution is -0.155. The summed E-state index contributed by atoms with van der Waals surface area (Å²) in [5.41, 5.74) is 23.6. The van der Waals surface area contributed by atoms with Crippen molar-refractivity contribution in [1.29, 1.82) is 5.41 Å². The molecule has 0 saturated heterocycles. The summed E-state index contributed by atoms with van der Waals surface area (Å²) in [6.07, 6.45) is 34.6. The number of imide groups is 3. The quantitative estimate of drug-likeness (QED) is 0.0152. The van der Waals surface area contributed by atoms with Crippen LogP contribution >= 0.6 is 37.2 Å². The zero-order valence-corrected chi connectivity index (χ0v) is 38.4. The minimum absolute atomic E-state index is 0. The number of hydrogen-bond acceptors (Lipinski definition) is 8. The first-order valence-corrected chi connectivity index (χ1v) is 22.0. The van der Waals surface area contributed by atoms with Crippen LogP contribution in [-0.2, 0) is 19.2 Å². The molecule has 3 amide bonds. The third kappa shape index (κ3) is 35.9. The second kappa shape index (κ2) is 43.8. The maximum atomic E-state index is 13.5. The molecule has 0 aliphatic rings. The predicted molar refractivity (Wildman–Crippen MR) is 246 cm³/mol. The van der Waals surface area contributed by atoms with Crippen LogP contribution in [0.4, 0.5) is 0 Å². The van der Waals surface area contributed by atoms with Crippen LogP contribution in [0.5, 0.6) is 0 Å². The number of nitrogens with zero attached hydrogens (tertiary/aromatic N) is 1. The monoisotopic (exact) mass is 870 g/mol. The van der Waals surface area contributed by atoms with E-state index in [-0.39, 0.29) is 62.4 Å². The average Bonchev–Trinajstić information content (AvgIpc) is 3.14. The maximum absolute atomic E-state index is 13.5. The molecule has 0 aromatic heterocycles. The van der Waals surface area contributed by atoms with Gasteiger partial charge in [-0.2, -0.15) is 0 Å². The molecule has 338 valence electrons. The Labute approximate surface area is 366 Å². The second-order valence-electron chi connectivity index (χ2n) is 15.4. The summed E-state index contributed by atoms with van der Waals surface area (Å²) in [4.78, 5) is 53.8. The van der Waals surface area contributed by atoms with Gasteiger partial charge in [0.2, 0.25) is 11.8 Å². The van der Waals surface area contributed by atoms with E-state index in [2.05, 4.69) is 31.3 Å². The van der Waals surface area contributed by atoms with E-state index >= 15 is 0 Å². The third-order valence-electron chi connectivity index (χ3n) is 10.2. The van der Waals surface area contributed by atoms with Crippen molar-refractivity contribution in [2.24, 2.45) is 22.9 Å². The number of halogens is 3. The molecule has 2 unspecified atom stereocenters. The molecule has 14 heteroatoms. The van der Waals surface area contributed by atoms with Gasteiger partial charge in [-0.1, -0.05) is 154 Å². The number of guanidine groups is 1. The number of nitrogens with one attached hydrogen (secondary N) is 2. The van der Waals surface area contributed by atoms with Gasteiger partial charge in [0.25, 0.3) is 5.91 Å². The number of unbranched alkanes of at least 4 members (excludes halogenated alkanes) is 23. The van der Waals surface area contributed by atoms with Crippen molar-refractivity contribution < 1.29 is 19.2 Å². The Kier molecular flexibility index (Phi) is 47.6. The van der Waals surface area contributed by atoms with Crippen LogP contribution in [0.1, 0.15) is 206 Å². The van der Waals surface area contributed by atoms with E-state index in [9.17, 15) is 19.2 Å². The summed E-state index contributed by atoms with van der Waals surface area (Å²) in [7, 11) is 0. The number of ketones is 1. The standard InChI is InChI=1S/C43H83N7O4.3ClH/c1-3-5-7-9-11-13-15-17-18-20-22-24-26-28-30-32-39(53)50(38(52)31-29-27-25-23-21-19-16-14-12-10-8-6-4-2)42(54)41(46)40(45)37(51)35-36(44)33-34-49-43(47)48;;;/h17-18,36,40-41H,3-16,19-35,44-46H2,1-2H3,(H4,47,48,49);3*1H/b18-17-;;;/t36-,40?,41?;;;/m1.../s1. The van der Waals surface area contributed by atoms with Crippen LogP contribution in [0.25, 0.3) is 0 Å². The summed E-state index contributed by atoms with van der Waals surface area (Å²) in [5.74, 6) is -2.82. The van der Waals surface area contributed by atoms with Crippen molar-refractivity contribution >= 4 is 66.7 Å². The Balaban J connectivity index is -0.00000468. The number of carbonyl (C=O) groups excluding carboxylic acids is 4. The Morgan fingerprint density at radius 3 is 1.28 bits per heavy atom. The molecule has 0 aromatic rings. The summed E-state index contributed by atoms with van der Waals surface area (Å²) in [5, 5.41) is 9.86. The molecule has 3 atom stereocenters. The number of nitrogens with two attached hydrogens (primary N) is 4. The summed E-state index contributed by atoms with van der Waals surface area (Å²) in [6.45, 7) is 4.78. The third-order valence-corrected chi connectivity index (χ3v) is 10.2. The van der Waals surface area contributed by atoms with E-state index in [1.807, 2.05) is 0 Å². The molecule has 0 bridgehead atoms. The zero-order valence-electron chi connectivity index (χ0n) is 35.9. The Morgan fingerprint density at radius 1 is 0.561 bits per heavy atom. The van der Waals surface area contributed by atoms with Gasteiger partial charge in [-0.25, -0.2) is 4.90 Å². The highest BCUT2D eigenvalue weighted by Gasteiger charge is 2.36. The largest absolute Gasteiger partial charge is 0.370 e. The number of rotatable bonds is 37. The van der Waals surface area contributed by atoms with Crippen LogP contribution in [0.15, 0.2) is 12.2 Å². The van der Waals surface area contributed by atoms with Gasteiger partial charge in [0.15, 0.2) is 11.7 Å². The molecule has 0 fully saturated rings. The first kappa shape index (κ1) is 61.9. The SMILES string of the molecule is CCCCCCCC/C=C\CCCCCCCC(=O)N(C(=O)CCCCCCCCCCCCCCC)C(=O)C(N)C(N)C(=O)C[C@H](N)CCNC(=N)N.Cl.Cl.Cl. The molecule has 0 aliphatic carbocycles. The van der Waals surface area contributed by atoms with Crippen LogP contribution < -0.4 is 28.3 Å². The molecular formula is C43H86Cl3N7O4. The Morgan fingerprint density at radius 2 is 0.912 bits per heavy atom. The maximum Gasteiger partial charge on any atom is 0.255 e. The second-order valence-corrected chi connectivity index (χ2v) is 15.4. The van der Waals surface area contributed by atoms with Crippen LogP contribution in [0.3, 0.4) is 0 Å². The fraction of sp³-hybridized carbons (Fsp3) is 0.837. The number of carbonyl (C=O) groups is 4. The van der Waals surface area contributed by atoms with E-state index in [4.69, 9.17) is 28.3 Å². The van der Waals surface area contributed by atoms with Crippen LogP contribution in [0.2, 0.25) is 0 Å². The lowest BCUT2D eigenvalue weighted by atomic mass is 9.97. The average molecular weight is 872 g/mol. The highest BCUT2D eigenvalue weighted by Crippen LogP contribution is 2.16. The lowest BCUT2D eigenvalue weighted by Gasteiger charge is -2.26. The number of amides is 3. The van der Waals surface area contributed by atoms with Gasteiger partial charge in [-0.05, 0) is 44.9 Å². The Bertz CT molecular complexity index is 1040. The van der Waals surface area contributed by atoms with E-state index in [0.717, 1.165) is 57.8 Å². The molecule has 11 nitrogen and oxygen atoms in total. The molecule has 0 aromatic carbocycles. The number of allylic oxidation sites excluding steroid dienone is 2. The van der Waals surface area contributed by atoms with Gasteiger partial charge in [-0.3, -0.25) is 24.6 Å². The fourth-order valence-electron chi connectivity index (χ4n) is 6.64. The Hall–Kier alpha value is -1.76. The highest BCUT2D eigenvalue weighted by molar-refractivity contribution is 6.13. The van der Waals surface area contributed by atoms with E-state index in [1.165, 1.54) is 96.3 Å². The molecule has 10 N–H and O–H groups in total. The smallest absolute Gasteiger partial charge is 0.255 e. The molecule has 0 rings (SSSR count). The van der Waals surface area contributed by atoms with E-state index in [0.29, 0.717) is 30.7 Å². The minimum atomic E-state index is -1.55. The van der Waals surface area contributed by atoms with Crippen LogP contribution in [0, 0.1) is 5.41 Å². The summed E-state index contributed by atoms with van der Waals surface area (Å²) < 4.78 is 0. The van der Waals surface area contributed by atoms with Gasteiger partial charge in [0.05, 0.1) is 6.04 Å². The molecule has 0 radical (unpaired) electrons. The molecular weight excluding hydrogens is 785 g/mol. The van der Waals surface area contributed by atoms with Gasteiger partial charge < -0.3 is 28.3 Å². The van der Waals surface area contributed by atoms with Crippen molar-refractivity contribution in [2.45, 2.75) is 225 Å². The van der Waals surface area contributed by atoms with Crippen molar-refractivity contribution in [3.05, 3.63) is 12.2 Å². The first-order valence-electron chi connectivity index (χ1n) is 22.0. The first-order chi connectivity index (χ1) is 26.1. The topological polar surface area (TPSA) is 211 Å². The molecule has 0 heterocycles. The van der Waals surface area contributed by atoms with E-state index < -0.39 is 41.6 Å². The molecule has 0 saturated carbocycles. The molecule has 0 spiro atoms. The fourth-order valence-corrected chi connectivity index (χ4v) is 6.64. The van der Waals surface area contributed by atoms with Gasteiger partial charge in [0, 0.05) is 31.8 Å². The molecule has 57 heavy (non-hydrogen) atoms. The normalized spacial score (nSPS) is 12.4.